The lowest BCUT2D eigenvalue weighted by Gasteiger charge is -2.20. The average Bonchev–Trinajstić information content (AvgIpc) is 2.26. The first-order chi connectivity index (χ1) is 7.15. The summed E-state index contributed by atoms with van der Waals surface area (Å²) in [7, 11) is 0. The molecule has 0 bridgehead atoms. The minimum Gasteiger partial charge on any atom is -0.377 e. The number of rotatable bonds is 5. The highest BCUT2D eigenvalue weighted by atomic mass is 16.5. The maximum atomic E-state index is 6.10. The van der Waals surface area contributed by atoms with Crippen LogP contribution in [-0.2, 0) is 4.74 Å². The van der Waals surface area contributed by atoms with E-state index in [1.165, 1.54) is 5.56 Å². The van der Waals surface area contributed by atoms with E-state index in [-0.39, 0.29) is 12.1 Å². The van der Waals surface area contributed by atoms with Gasteiger partial charge in [-0.2, -0.15) is 0 Å². The number of hydrogen-bond acceptors (Lipinski definition) is 2. The van der Waals surface area contributed by atoms with Crippen LogP contribution < -0.4 is 5.73 Å². The zero-order chi connectivity index (χ0) is 11.3. The summed E-state index contributed by atoms with van der Waals surface area (Å²) in [5, 5.41) is 0. The van der Waals surface area contributed by atoms with Gasteiger partial charge in [-0.15, -0.1) is 0 Å². The summed E-state index contributed by atoms with van der Waals surface area (Å²) >= 11 is 0. The third-order valence-electron chi connectivity index (χ3n) is 2.55. The van der Waals surface area contributed by atoms with Gasteiger partial charge in [-0.05, 0) is 25.8 Å². The maximum absolute atomic E-state index is 6.10. The molecule has 1 aromatic carbocycles. The van der Waals surface area contributed by atoms with Crippen LogP contribution in [0.25, 0.3) is 0 Å². The predicted molar refractivity (Wildman–Crippen MR) is 63.8 cm³/mol. The van der Waals surface area contributed by atoms with Crippen LogP contribution in [0.3, 0.4) is 0 Å². The largest absolute Gasteiger partial charge is 0.377 e. The van der Waals surface area contributed by atoms with Gasteiger partial charge in [-0.25, -0.2) is 0 Å². The third kappa shape index (κ3) is 3.65. The van der Waals surface area contributed by atoms with Gasteiger partial charge in [0.1, 0.15) is 0 Å². The van der Waals surface area contributed by atoms with E-state index in [4.69, 9.17) is 10.5 Å². The van der Waals surface area contributed by atoms with E-state index in [1.54, 1.807) is 0 Å². The zero-order valence-electron chi connectivity index (χ0n) is 9.86. The van der Waals surface area contributed by atoms with E-state index >= 15 is 0 Å². The summed E-state index contributed by atoms with van der Waals surface area (Å²) in [6.07, 6.45) is 1.11. The van der Waals surface area contributed by atoms with Crippen molar-refractivity contribution in [2.24, 2.45) is 5.73 Å². The van der Waals surface area contributed by atoms with Crippen molar-refractivity contribution in [2.75, 3.05) is 6.61 Å². The highest BCUT2D eigenvalue weighted by Gasteiger charge is 2.14. The summed E-state index contributed by atoms with van der Waals surface area (Å²) in [6.45, 7) is 6.98. The fraction of sp³-hybridized carbons (Fsp3) is 0.538. The lowest BCUT2D eigenvalue weighted by atomic mass is 10.0. The zero-order valence-corrected chi connectivity index (χ0v) is 9.86. The van der Waals surface area contributed by atoms with Crippen LogP contribution in [0.1, 0.15) is 37.4 Å². The molecule has 2 heteroatoms. The highest BCUT2D eigenvalue weighted by molar-refractivity contribution is 5.24. The van der Waals surface area contributed by atoms with Crippen LogP contribution in [0.4, 0.5) is 0 Å². The molecule has 1 rings (SSSR count). The van der Waals surface area contributed by atoms with Crippen molar-refractivity contribution in [3.8, 4) is 0 Å². The van der Waals surface area contributed by atoms with Crippen LogP contribution in [0, 0.1) is 6.92 Å². The van der Waals surface area contributed by atoms with Gasteiger partial charge in [-0.1, -0.05) is 36.8 Å². The second-order valence-corrected chi connectivity index (χ2v) is 4.01. The molecule has 0 saturated carbocycles. The molecule has 84 valence electrons. The summed E-state index contributed by atoms with van der Waals surface area (Å²) in [5.74, 6) is 0. The topological polar surface area (TPSA) is 35.2 Å². The Balaban J connectivity index is 2.59. The Kier molecular flexibility index (Phi) is 4.79. The molecule has 0 spiro atoms. The van der Waals surface area contributed by atoms with Gasteiger partial charge >= 0.3 is 0 Å². The number of ether oxygens (including phenoxy) is 1. The van der Waals surface area contributed by atoms with Crippen molar-refractivity contribution in [2.45, 2.75) is 39.3 Å². The van der Waals surface area contributed by atoms with Gasteiger partial charge in [-0.3, -0.25) is 0 Å². The van der Waals surface area contributed by atoms with E-state index in [1.807, 2.05) is 6.92 Å². The molecule has 0 saturated heterocycles. The summed E-state index contributed by atoms with van der Waals surface area (Å²) in [6, 6.07) is 8.29. The molecule has 0 aromatic heterocycles. The van der Waals surface area contributed by atoms with Crippen LogP contribution >= 0.6 is 0 Å². The lowest BCUT2D eigenvalue weighted by Crippen LogP contribution is -2.26. The fourth-order valence-corrected chi connectivity index (χ4v) is 1.47. The molecular formula is C13H21NO. The molecule has 0 aliphatic rings. The number of benzene rings is 1. The van der Waals surface area contributed by atoms with Gasteiger partial charge in [0.05, 0.1) is 12.1 Å². The minimum absolute atomic E-state index is 0.0304. The fourth-order valence-electron chi connectivity index (χ4n) is 1.47. The average molecular weight is 207 g/mol. The molecule has 2 unspecified atom stereocenters. The normalized spacial score (nSPS) is 14.9. The monoisotopic (exact) mass is 207 g/mol. The lowest BCUT2D eigenvalue weighted by molar-refractivity contribution is 0.0485. The van der Waals surface area contributed by atoms with Gasteiger partial charge in [0.2, 0.25) is 0 Å². The van der Waals surface area contributed by atoms with Crippen molar-refractivity contribution in [1.82, 2.24) is 0 Å². The van der Waals surface area contributed by atoms with Crippen molar-refractivity contribution in [1.29, 1.82) is 0 Å². The molecular weight excluding hydrogens is 186 g/mol. The Morgan fingerprint density at radius 3 is 2.40 bits per heavy atom. The Labute approximate surface area is 92.4 Å². The molecule has 0 radical (unpaired) electrons. The number of hydrogen-bond donors (Lipinski definition) is 1. The first-order valence-corrected chi connectivity index (χ1v) is 5.59. The van der Waals surface area contributed by atoms with E-state index in [2.05, 4.69) is 38.1 Å². The summed E-state index contributed by atoms with van der Waals surface area (Å²) in [5.41, 5.74) is 8.50. The SMILES string of the molecule is CCCOC(C)C(N)c1ccc(C)cc1. The molecule has 0 heterocycles. The number of aryl methyl sites for hydroxylation is 1. The van der Waals surface area contributed by atoms with Gasteiger partial charge < -0.3 is 10.5 Å². The Morgan fingerprint density at radius 1 is 1.27 bits per heavy atom. The molecule has 0 amide bonds. The van der Waals surface area contributed by atoms with E-state index in [9.17, 15) is 0 Å². The van der Waals surface area contributed by atoms with Crippen LogP contribution in [0.2, 0.25) is 0 Å². The first-order valence-electron chi connectivity index (χ1n) is 5.59. The predicted octanol–water partition coefficient (Wildman–Crippen LogP) is 2.81. The quantitative estimate of drug-likeness (QED) is 0.805. The van der Waals surface area contributed by atoms with Crippen molar-refractivity contribution < 1.29 is 4.74 Å². The summed E-state index contributed by atoms with van der Waals surface area (Å²) in [4.78, 5) is 0. The Bertz CT molecular complexity index is 281. The molecule has 0 aliphatic carbocycles. The third-order valence-corrected chi connectivity index (χ3v) is 2.55. The summed E-state index contributed by atoms with van der Waals surface area (Å²) < 4.78 is 5.61. The second kappa shape index (κ2) is 5.89. The molecule has 0 aliphatic heterocycles. The molecule has 15 heavy (non-hydrogen) atoms. The molecule has 2 nitrogen and oxygen atoms in total. The second-order valence-electron chi connectivity index (χ2n) is 4.01. The standard InChI is InChI=1S/C13H21NO/c1-4-9-15-11(3)13(14)12-7-5-10(2)6-8-12/h5-8,11,13H,4,9,14H2,1-3H3. The van der Waals surface area contributed by atoms with Crippen LogP contribution in [0.5, 0.6) is 0 Å². The van der Waals surface area contributed by atoms with Crippen LogP contribution in [0.15, 0.2) is 24.3 Å². The van der Waals surface area contributed by atoms with E-state index < -0.39 is 0 Å². The van der Waals surface area contributed by atoms with Crippen molar-refractivity contribution in [3.05, 3.63) is 35.4 Å². The van der Waals surface area contributed by atoms with E-state index in [0.29, 0.717) is 0 Å². The van der Waals surface area contributed by atoms with Gasteiger partial charge in [0.25, 0.3) is 0 Å². The smallest absolute Gasteiger partial charge is 0.0739 e. The molecule has 2 N–H and O–H groups in total. The van der Waals surface area contributed by atoms with Gasteiger partial charge in [0, 0.05) is 6.61 Å². The van der Waals surface area contributed by atoms with Gasteiger partial charge in [0.15, 0.2) is 0 Å². The van der Waals surface area contributed by atoms with E-state index in [0.717, 1.165) is 18.6 Å². The first kappa shape index (κ1) is 12.2. The molecule has 2 atom stereocenters. The maximum Gasteiger partial charge on any atom is 0.0739 e. The highest BCUT2D eigenvalue weighted by Crippen LogP contribution is 2.17. The molecule has 0 fully saturated rings. The minimum atomic E-state index is -0.0304. The molecule has 1 aromatic rings. The van der Waals surface area contributed by atoms with Crippen LogP contribution in [-0.4, -0.2) is 12.7 Å². The van der Waals surface area contributed by atoms with Crippen molar-refractivity contribution >= 4 is 0 Å². The van der Waals surface area contributed by atoms with Crippen molar-refractivity contribution in [3.63, 3.8) is 0 Å². The number of nitrogens with two attached hydrogens (primary N) is 1. The Morgan fingerprint density at radius 2 is 1.87 bits per heavy atom. The Hall–Kier alpha value is -0.860.